The van der Waals surface area contributed by atoms with Crippen LogP contribution in [0.2, 0.25) is 0 Å². The second-order valence-electron chi connectivity index (χ2n) is 6.57. The molecule has 0 aliphatic heterocycles. The van der Waals surface area contributed by atoms with Crippen LogP contribution in [0.15, 0.2) is 0 Å². The van der Waals surface area contributed by atoms with Gasteiger partial charge in [0.05, 0.1) is 0 Å². The quantitative estimate of drug-likeness (QED) is 0.498. The summed E-state index contributed by atoms with van der Waals surface area (Å²) in [5.74, 6) is 0.478. The first-order valence-corrected chi connectivity index (χ1v) is 6.93. The lowest BCUT2D eigenvalue weighted by Crippen LogP contribution is -2.22. The lowest BCUT2D eigenvalue weighted by atomic mass is 9.76. The third-order valence-electron chi connectivity index (χ3n) is 4.45. The molecule has 1 heteroatoms. The Morgan fingerprint density at radius 2 is 1.75 bits per heavy atom. The van der Waals surface area contributed by atoms with E-state index >= 15 is 0 Å². The molecule has 0 N–H and O–H groups in total. The van der Waals surface area contributed by atoms with Gasteiger partial charge in [0.2, 0.25) is 0 Å². The van der Waals surface area contributed by atoms with Crippen LogP contribution in [0.1, 0.15) is 79.1 Å². The van der Waals surface area contributed by atoms with Crippen LogP contribution in [0.5, 0.6) is 0 Å². The van der Waals surface area contributed by atoms with Crippen molar-refractivity contribution >= 4 is 5.78 Å². The number of unbranched alkanes of at least 4 members (excludes halogenated alkanes) is 2. The van der Waals surface area contributed by atoms with E-state index in [2.05, 4.69) is 27.7 Å². The van der Waals surface area contributed by atoms with Gasteiger partial charge >= 0.3 is 0 Å². The number of rotatable bonds is 4. The van der Waals surface area contributed by atoms with Gasteiger partial charge in [-0.1, -0.05) is 47.0 Å². The molecular weight excluding hydrogens is 196 g/mol. The van der Waals surface area contributed by atoms with Crippen molar-refractivity contribution in [3.8, 4) is 0 Å². The molecule has 0 heterocycles. The van der Waals surface area contributed by atoms with Crippen LogP contribution in [-0.2, 0) is 4.79 Å². The standard InChI is InChI=1S/C15H28O/c1-5-6-7-9-15(4)10-8-13(16)14(2,3)11-12-15/h5-12H2,1-4H3. The van der Waals surface area contributed by atoms with Gasteiger partial charge in [-0.3, -0.25) is 4.79 Å². The SMILES string of the molecule is CCCCCC1(C)CCC(=O)C(C)(C)CC1. The number of Topliss-reactive ketones (excluding diaryl/α,β-unsaturated/α-hetero) is 1. The van der Waals surface area contributed by atoms with E-state index in [0.717, 1.165) is 19.3 Å². The van der Waals surface area contributed by atoms with Crippen LogP contribution < -0.4 is 0 Å². The molecule has 0 bridgehead atoms. The minimum Gasteiger partial charge on any atom is -0.299 e. The zero-order valence-electron chi connectivity index (χ0n) is 11.6. The van der Waals surface area contributed by atoms with Crippen molar-refractivity contribution in [2.45, 2.75) is 79.1 Å². The molecule has 1 aliphatic carbocycles. The molecule has 1 aliphatic rings. The van der Waals surface area contributed by atoms with Crippen LogP contribution in [-0.4, -0.2) is 5.78 Å². The second kappa shape index (κ2) is 5.33. The summed E-state index contributed by atoms with van der Waals surface area (Å²) < 4.78 is 0. The second-order valence-corrected chi connectivity index (χ2v) is 6.57. The predicted molar refractivity (Wildman–Crippen MR) is 69.5 cm³/mol. The number of carbonyl (C=O) groups is 1. The first-order chi connectivity index (χ1) is 7.40. The van der Waals surface area contributed by atoms with Crippen LogP contribution >= 0.6 is 0 Å². The summed E-state index contributed by atoms with van der Waals surface area (Å²) in [6, 6.07) is 0. The molecule has 1 nitrogen and oxygen atoms in total. The topological polar surface area (TPSA) is 17.1 Å². The van der Waals surface area contributed by atoms with E-state index in [1.54, 1.807) is 0 Å². The predicted octanol–water partition coefficient (Wildman–Crippen LogP) is 4.74. The number of hydrogen-bond acceptors (Lipinski definition) is 1. The maximum Gasteiger partial charge on any atom is 0.138 e. The van der Waals surface area contributed by atoms with Gasteiger partial charge in [0.25, 0.3) is 0 Å². The Hall–Kier alpha value is -0.330. The monoisotopic (exact) mass is 224 g/mol. The lowest BCUT2D eigenvalue weighted by molar-refractivity contribution is -0.126. The summed E-state index contributed by atoms with van der Waals surface area (Å²) in [4.78, 5) is 12.0. The largest absolute Gasteiger partial charge is 0.299 e. The van der Waals surface area contributed by atoms with E-state index in [1.165, 1.54) is 32.1 Å². The summed E-state index contributed by atoms with van der Waals surface area (Å²) in [5, 5.41) is 0. The highest BCUT2D eigenvalue weighted by molar-refractivity contribution is 5.84. The zero-order chi connectivity index (χ0) is 12.2. The third kappa shape index (κ3) is 3.61. The summed E-state index contributed by atoms with van der Waals surface area (Å²) in [7, 11) is 0. The van der Waals surface area contributed by atoms with Crippen molar-refractivity contribution in [2.24, 2.45) is 10.8 Å². The maximum atomic E-state index is 12.0. The minimum absolute atomic E-state index is 0.0669. The van der Waals surface area contributed by atoms with E-state index in [4.69, 9.17) is 0 Å². The Morgan fingerprint density at radius 3 is 2.38 bits per heavy atom. The van der Waals surface area contributed by atoms with Gasteiger partial charge < -0.3 is 0 Å². The molecule has 1 saturated carbocycles. The van der Waals surface area contributed by atoms with Crippen LogP contribution in [0.25, 0.3) is 0 Å². The highest BCUT2D eigenvalue weighted by Crippen LogP contribution is 2.43. The first kappa shape index (κ1) is 13.7. The first-order valence-electron chi connectivity index (χ1n) is 6.93. The van der Waals surface area contributed by atoms with Gasteiger partial charge in [-0.15, -0.1) is 0 Å². The van der Waals surface area contributed by atoms with Crippen molar-refractivity contribution < 1.29 is 4.79 Å². The fourth-order valence-electron chi connectivity index (χ4n) is 2.68. The highest BCUT2D eigenvalue weighted by atomic mass is 16.1. The smallest absolute Gasteiger partial charge is 0.138 e. The lowest BCUT2D eigenvalue weighted by Gasteiger charge is -2.28. The van der Waals surface area contributed by atoms with Crippen molar-refractivity contribution in [3.63, 3.8) is 0 Å². The van der Waals surface area contributed by atoms with Gasteiger partial charge in [-0.25, -0.2) is 0 Å². The van der Waals surface area contributed by atoms with Crippen molar-refractivity contribution in [3.05, 3.63) is 0 Å². The fraction of sp³-hybridized carbons (Fsp3) is 0.933. The molecule has 0 spiro atoms. The average molecular weight is 224 g/mol. The Bertz CT molecular complexity index is 242. The molecule has 1 fully saturated rings. The molecule has 1 rings (SSSR count). The maximum absolute atomic E-state index is 12.0. The van der Waals surface area contributed by atoms with E-state index in [9.17, 15) is 4.79 Å². The molecule has 1 atom stereocenters. The zero-order valence-corrected chi connectivity index (χ0v) is 11.6. The molecule has 0 radical (unpaired) electrons. The van der Waals surface area contributed by atoms with E-state index in [-0.39, 0.29) is 5.41 Å². The summed E-state index contributed by atoms with van der Waals surface area (Å²) in [5.41, 5.74) is 0.362. The fourth-order valence-corrected chi connectivity index (χ4v) is 2.68. The van der Waals surface area contributed by atoms with E-state index in [0.29, 0.717) is 11.2 Å². The molecular formula is C15H28O. The van der Waals surface area contributed by atoms with Gasteiger partial charge in [0, 0.05) is 11.8 Å². The van der Waals surface area contributed by atoms with E-state index < -0.39 is 0 Å². The summed E-state index contributed by atoms with van der Waals surface area (Å²) >= 11 is 0. The number of ketones is 1. The van der Waals surface area contributed by atoms with Gasteiger partial charge in [0.15, 0.2) is 0 Å². The summed E-state index contributed by atoms with van der Waals surface area (Å²) in [6.07, 6.45) is 9.50. The van der Waals surface area contributed by atoms with Crippen molar-refractivity contribution in [1.82, 2.24) is 0 Å². The number of carbonyl (C=O) groups excluding carboxylic acids is 1. The van der Waals surface area contributed by atoms with Gasteiger partial charge in [-0.05, 0) is 31.1 Å². The molecule has 0 aromatic rings. The van der Waals surface area contributed by atoms with Crippen LogP contribution in [0.4, 0.5) is 0 Å². The van der Waals surface area contributed by atoms with Crippen molar-refractivity contribution in [2.75, 3.05) is 0 Å². The normalized spacial score (nSPS) is 30.1. The number of hydrogen-bond donors (Lipinski definition) is 0. The Morgan fingerprint density at radius 1 is 1.06 bits per heavy atom. The van der Waals surface area contributed by atoms with Crippen LogP contribution in [0.3, 0.4) is 0 Å². The minimum atomic E-state index is -0.0669. The Balaban J connectivity index is 2.53. The van der Waals surface area contributed by atoms with Crippen LogP contribution in [0, 0.1) is 10.8 Å². The van der Waals surface area contributed by atoms with Gasteiger partial charge in [0.1, 0.15) is 5.78 Å². The molecule has 94 valence electrons. The Kier molecular flexibility index (Phi) is 4.58. The average Bonchev–Trinajstić information content (AvgIpc) is 2.32. The Labute approximate surface area is 101 Å². The summed E-state index contributed by atoms with van der Waals surface area (Å²) in [6.45, 7) is 8.87. The highest BCUT2D eigenvalue weighted by Gasteiger charge is 2.36. The molecule has 0 saturated heterocycles. The van der Waals surface area contributed by atoms with Crippen molar-refractivity contribution in [1.29, 1.82) is 0 Å². The molecule has 0 amide bonds. The van der Waals surface area contributed by atoms with E-state index in [1.807, 2.05) is 0 Å². The third-order valence-corrected chi connectivity index (χ3v) is 4.45. The molecule has 16 heavy (non-hydrogen) atoms. The molecule has 0 aromatic heterocycles. The van der Waals surface area contributed by atoms with Gasteiger partial charge in [-0.2, -0.15) is 0 Å². The molecule has 1 unspecified atom stereocenters. The molecule has 0 aromatic carbocycles.